The van der Waals surface area contributed by atoms with Crippen LogP contribution in [0.2, 0.25) is 0 Å². The zero-order valence-corrected chi connectivity index (χ0v) is 21.1. The molecule has 29 heavy (non-hydrogen) atoms. The van der Waals surface area contributed by atoms with Crippen LogP contribution in [0.4, 0.5) is 0 Å². The number of aliphatic imine (C=N–C) groups is 1. The highest BCUT2D eigenvalue weighted by Gasteiger charge is 2.24. The second-order valence-corrected chi connectivity index (χ2v) is 7.30. The highest BCUT2D eigenvalue weighted by Crippen LogP contribution is 2.28. The van der Waals surface area contributed by atoms with Crippen molar-refractivity contribution in [3.63, 3.8) is 0 Å². The lowest BCUT2D eigenvalue weighted by molar-refractivity contribution is 0.232. The lowest BCUT2D eigenvalue weighted by atomic mass is 10.1. The Kier molecular flexibility index (Phi) is 12.4. The van der Waals surface area contributed by atoms with Gasteiger partial charge in [0.05, 0.1) is 13.7 Å². The van der Waals surface area contributed by atoms with Crippen molar-refractivity contribution < 1.29 is 9.47 Å². The molecule has 1 N–H and O–H groups in total. The molecule has 0 aromatic heterocycles. The van der Waals surface area contributed by atoms with E-state index in [-0.39, 0.29) is 24.0 Å². The summed E-state index contributed by atoms with van der Waals surface area (Å²) < 4.78 is 11.0. The number of guanidine groups is 1. The maximum Gasteiger partial charge on any atom is 0.193 e. The SMILES string of the molecule is CCOc1cc(CCCNC(=NC)N(C)CC2CCCN2CC)ccc1OC.I. The van der Waals surface area contributed by atoms with Crippen LogP contribution in [0.5, 0.6) is 11.5 Å². The van der Waals surface area contributed by atoms with Gasteiger partial charge in [-0.2, -0.15) is 0 Å². The largest absolute Gasteiger partial charge is 0.493 e. The van der Waals surface area contributed by atoms with E-state index in [1.807, 2.05) is 20.0 Å². The van der Waals surface area contributed by atoms with Gasteiger partial charge in [-0.05, 0) is 63.4 Å². The molecule has 1 aliphatic rings. The number of ether oxygens (including phenoxy) is 2. The molecular formula is C22H39IN4O2. The number of likely N-dealkylation sites (N-methyl/N-ethyl adjacent to an activating group) is 2. The number of hydrogen-bond acceptors (Lipinski definition) is 4. The van der Waals surface area contributed by atoms with E-state index < -0.39 is 0 Å². The summed E-state index contributed by atoms with van der Waals surface area (Å²) in [6.45, 7) is 9.17. The lowest BCUT2D eigenvalue weighted by Crippen LogP contribution is -2.46. The fourth-order valence-electron chi connectivity index (χ4n) is 3.94. The molecule has 1 unspecified atom stereocenters. The number of methoxy groups -OCH3 is 1. The van der Waals surface area contributed by atoms with Crippen molar-refractivity contribution in [3.05, 3.63) is 23.8 Å². The maximum absolute atomic E-state index is 5.67. The Morgan fingerprint density at radius 2 is 2.10 bits per heavy atom. The Morgan fingerprint density at radius 1 is 1.31 bits per heavy atom. The smallest absolute Gasteiger partial charge is 0.193 e. The minimum Gasteiger partial charge on any atom is -0.493 e. The van der Waals surface area contributed by atoms with Gasteiger partial charge in [0.25, 0.3) is 0 Å². The predicted octanol–water partition coefficient (Wildman–Crippen LogP) is 3.64. The van der Waals surface area contributed by atoms with Crippen molar-refractivity contribution in [2.45, 2.75) is 45.6 Å². The van der Waals surface area contributed by atoms with E-state index >= 15 is 0 Å². The van der Waals surface area contributed by atoms with Gasteiger partial charge >= 0.3 is 0 Å². The Bertz CT molecular complexity index is 627. The summed E-state index contributed by atoms with van der Waals surface area (Å²) in [6.07, 6.45) is 4.62. The molecule has 1 atom stereocenters. The third-order valence-electron chi connectivity index (χ3n) is 5.42. The average molecular weight is 518 g/mol. The van der Waals surface area contributed by atoms with E-state index in [9.17, 15) is 0 Å². The summed E-state index contributed by atoms with van der Waals surface area (Å²) in [7, 11) is 5.68. The maximum atomic E-state index is 5.67. The van der Waals surface area contributed by atoms with Crippen molar-refractivity contribution in [1.29, 1.82) is 0 Å². The van der Waals surface area contributed by atoms with Crippen LogP contribution in [0.3, 0.4) is 0 Å². The van der Waals surface area contributed by atoms with E-state index in [0.29, 0.717) is 12.6 Å². The minimum absolute atomic E-state index is 0. The first-order chi connectivity index (χ1) is 13.6. The standard InChI is InChI=1S/C22H38N4O2.HI/c1-6-26-15-9-11-19(26)17-25(4)22(23-3)24-14-8-10-18-12-13-20(27-5)21(16-18)28-7-2;/h12-13,16,19H,6-11,14-15,17H2,1-5H3,(H,23,24);1H. The lowest BCUT2D eigenvalue weighted by Gasteiger charge is -2.29. The number of hydrogen-bond donors (Lipinski definition) is 1. The average Bonchev–Trinajstić information content (AvgIpc) is 3.15. The zero-order valence-electron chi connectivity index (χ0n) is 18.7. The molecule has 0 aliphatic carbocycles. The number of aryl methyl sites for hydroxylation is 1. The minimum atomic E-state index is 0. The topological polar surface area (TPSA) is 49.3 Å². The zero-order chi connectivity index (χ0) is 20.4. The van der Waals surface area contributed by atoms with Gasteiger partial charge < -0.3 is 19.7 Å². The highest BCUT2D eigenvalue weighted by atomic mass is 127. The summed E-state index contributed by atoms with van der Waals surface area (Å²) >= 11 is 0. The summed E-state index contributed by atoms with van der Waals surface area (Å²) in [5, 5.41) is 3.51. The van der Waals surface area contributed by atoms with Crippen molar-refractivity contribution in [2.24, 2.45) is 4.99 Å². The molecule has 0 radical (unpaired) electrons. The Hall–Kier alpha value is -1.22. The number of nitrogens with one attached hydrogen (secondary N) is 1. The molecule has 7 heteroatoms. The van der Waals surface area contributed by atoms with Crippen LogP contribution in [-0.2, 0) is 6.42 Å². The molecule has 1 fully saturated rings. The van der Waals surface area contributed by atoms with Gasteiger partial charge in [-0.15, -0.1) is 24.0 Å². The van der Waals surface area contributed by atoms with Gasteiger partial charge in [0.1, 0.15) is 0 Å². The Balaban J connectivity index is 0.00000420. The molecule has 0 amide bonds. The quantitative estimate of drug-likeness (QED) is 0.222. The predicted molar refractivity (Wildman–Crippen MR) is 132 cm³/mol. The van der Waals surface area contributed by atoms with Gasteiger partial charge in [0.2, 0.25) is 0 Å². The van der Waals surface area contributed by atoms with Gasteiger partial charge in [0, 0.05) is 33.2 Å². The summed E-state index contributed by atoms with van der Waals surface area (Å²) in [5.74, 6) is 2.59. The molecule has 2 rings (SSSR count). The van der Waals surface area contributed by atoms with Crippen LogP contribution in [0.25, 0.3) is 0 Å². The van der Waals surface area contributed by atoms with Crippen LogP contribution in [0.15, 0.2) is 23.2 Å². The van der Waals surface area contributed by atoms with Gasteiger partial charge in [-0.3, -0.25) is 9.89 Å². The second kappa shape index (κ2) is 13.9. The van der Waals surface area contributed by atoms with Crippen LogP contribution in [0, 0.1) is 0 Å². The molecule has 1 saturated heterocycles. The Labute approximate surface area is 194 Å². The van der Waals surface area contributed by atoms with Crippen molar-refractivity contribution in [1.82, 2.24) is 15.1 Å². The van der Waals surface area contributed by atoms with E-state index in [4.69, 9.17) is 9.47 Å². The molecule has 0 bridgehead atoms. The van der Waals surface area contributed by atoms with Crippen LogP contribution in [-0.4, -0.2) is 75.8 Å². The van der Waals surface area contributed by atoms with Crippen molar-refractivity contribution in [2.75, 3.05) is 54.0 Å². The fourth-order valence-corrected chi connectivity index (χ4v) is 3.94. The van der Waals surface area contributed by atoms with Crippen LogP contribution < -0.4 is 14.8 Å². The third kappa shape index (κ3) is 7.85. The number of nitrogens with zero attached hydrogens (tertiary/aromatic N) is 3. The van der Waals surface area contributed by atoms with Crippen molar-refractivity contribution >= 4 is 29.9 Å². The fraction of sp³-hybridized carbons (Fsp3) is 0.682. The normalized spacial score (nSPS) is 17.0. The molecule has 0 spiro atoms. The second-order valence-electron chi connectivity index (χ2n) is 7.30. The first-order valence-electron chi connectivity index (χ1n) is 10.6. The van der Waals surface area contributed by atoms with Gasteiger partial charge in [0.15, 0.2) is 17.5 Å². The molecule has 166 valence electrons. The Morgan fingerprint density at radius 3 is 2.76 bits per heavy atom. The molecule has 6 nitrogen and oxygen atoms in total. The molecule has 1 heterocycles. The summed E-state index contributed by atoms with van der Waals surface area (Å²) in [5.41, 5.74) is 1.26. The summed E-state index contributed by atoms with van der Waals surface area (Å²) in [4.78, 5) is 9.30. The molecular weight excluding hydrogens is 479 g/mol. The van der Waals surface area contributed by atoms with Crippen LogP contribution in [0.1, 0.15) is 38.7 Å². The highest BCUT2D eigenvalue weighted by molar-refractivity contribution is 14.0. The molecule has 1 aromatic carbocycles. The van der Waals surface area contributed by atoms with E-state index in [1.54, 1.807) is 7.11 Å². The third-order valence-corrected chi connectivity index (χ3v) is 5.42. The van der Waals surface area contributed by atoms with E-state index in [1.165, 1.54) is 24.9 Å². The number of rotatable bonds is 10. The van der Waals surface area contributed by atoms with Gasteiger partial charge in [-0.25, -0.2) is 0 Å². The number of likely N-dealkylation sites (tertiary alicyclic amines) is 1. The first kappa shape index (κ1) is 25.8. The monoisotopic (exact) mass is 518 g/mol. The molecule has 0 saturated carbocycles. The number of halogens is 1. The summed E-state index contributed by atoms with van der Waals surface area (Å²) in [6, 6.07) is 6.83. The van der Waals surface area contributed by atoms with E-state index in [0.717, 1.165) is 49.9 Å². The molecule has 1 aromatic rings. The van der Waals surface area contributed by atoms with Crippen LogP contribution >= 0.6 is 24.0 Å². The van der Waals surface area contributed by atoms with E-state index in [2.05, 4.69) is 46.2 Å². The molecule has 1 aliphatic heterocycles. The van der Waals surface area contributed by atoms with Gasteiger partial charge in [-0.1, -0.05) is 13.0 Å². The van der Waals surface area contributed by atoms with Crippen molar-refractivity contribution in [3.8, 4) is 11.5 Å². The first-order valence-corrected chi connectivity index (χ1v) is 10.6. The number of benzene rings is 1.